The number of rotatable bonds is 4. The predicted molar refractivity (Wildman–Crippen MR) is 167 cm³/mol. The molecule has 2 aromatic heterocycles. The van der Waals surface area contributed by atoms with Crippen molar-refractivity contribution in [3.8, 4) is 22.6 Å². The highest BCUT2D eigenvalue weighted by Gasteiger charge is 2.47. The van der Waals surface area contributed by atoms with Crippen LogP contribution in [0.3, 0.4) is 0 Å². The highest BCUT2D eigenvalue weighted by atomic mass is 14.9. The highest BCUT2D eigenvalue weighted by Crippen LogP contribution is 2.55. The average molecular weight is 520 g/mol. The standard InChI is InChI=1S/C37H33N3/c1-5-15-28(6-2)37(29-19-14-16-26(3)30-20-11-13-23-34(30)40(4)25-29)32-22-12-10-21-31(32)35-33(37)24-38-36(39-35)27-17-8-7-9-18-27/h5-25H,1-4H3/b15-5-,19-14?,26-16?,28-6+,29-25?. The number of fused-ring (bicyclic) bond motifs is 4. The summed E-state index contributed by atoms with van der Waals surface area (Å²) in [5.74, 6) is 0.738. The maximum Gasteiger partial charge on any atom is 0.159 e. The number of benzene rings is 3. The molecular formula is C37H33N3. The third-order valence-electron chi connectivity index (χ3n) is 8.00. The van der Waals surface area contributed by atoms with E-state index in [4.69, 9.17) is 9.97 Å². The minimum absolute atomic E-state index is 0.589. The van der Waals surface area contributed by atoms with Gasteiger partial charge in [-0.25, -0.2) is 9.97 Å². The fraction of sp³-hybridized carbons (Fsp3) is 0.135. The van der Waals surface area contributed by atoms with Crippen LogP contribution in [0.2, 0.25) is 0 Å². The van der Waals surface area contributed by atoms with E-state index in [1.807, 2.05) is 24.4 Å². The van der Waals surface area contributed by atoms with E-state index in [0.717, 1.165) is 33.8 Å². The van der Waals surface area contributed by atoms with Gasteiger partial charge in [0.15, 0.2) is 5.82 Å². The summed E-state index contributed by atoms with van der Waals surface area (Å²) in [4.78, 5) is 10.2. The van der Waals surface area contributed by atoms with Gasteiger partial charge in [-0.05, 0) is 49.1 Å². The third kappa shape index (κ3) is 3.97. The molecule has 1 aliphatic rings. The Hall–Kier alpha value is -4.76. The molecule has 0 spiro atoms. The van der Waals surface area contributed by atoms with E-state index in [2.05, 4.69) is 136 Å². The van der Waals surface area contributed by atoms with Crippen molar-refractivity contribution < 1.29 is 0 Å². The first-order chi connectivity index (χ1) is 19.6. The second-order valence-corrected chi connectivity index (χ2v) is 10.3. The zero-order chi connectivity index (χ0) is 27.7. The van der Waals surface area contributed by atoms with Gasteiger partial charge in [-0.2, -0.15) is 0 Å². The van der Waals surface area contributed by atoms with Gasteiger partial charge < -0.3 is 4.57 Å². The molecule has 0 bridgehead atoms. The molecule has 196 valence electrons. The number of nitrogens with zero attached hydrogens (tertiary/aromatic N) is 3. The van der Waals surface area contributed by atoms with Crippen molar-refractivity contribution >= 4 is 10.9 Å². The van der Waals surface area contributed by atoms with Crippen LogP contribution in [0, 0.1) is 6.92 Å². The van der Waals surface area contributed by atoms with Gasteiger partial charge in [0.2, 0.25) is 0 Å². The summed E-state index contributed by atoms with van der Waals surface area (Å²) in [7, 11) is 2.14. The predicted octanol–water partition coefficient (Wildman–Crippen LogP) is 8.91. The molecule has 3 heteroatoms. The Labute approximate surface area is 236 Å². The van der Waals surface area contributed by atoms with Crippen LogP contribution in [-0.4, -0.2) is 14.5 Å². The van der Waals surface area contributed by atoms with Crippen molar-refractivity contribution in [2.24, 2.45) is 7.05 Å². The second-order valence-electron chi connectivity index (χ2n) is 10.3. The maximum atomic E-state index is 5.22. The lowest BCUT2D eigenvalue weighted by atomic mass is 9.68. The topological polar surface area (TPSA) is 30.7 Å². The van der Waals surface area contributed by atoms with Gasteiger partial charge in [-0.3, -0.25) is 0 Å². The van der Waals surface area contributed by atoms with Crippen molar-refractivity contribution in [3.63, 3.8) is 0 Å². The van der Waals surface area contributed by atoms with Crippen LogP contribution in [0.4, 0.5) is 0 Å². The largest absolute Gasteiger partial charge is 0.350 e. The number of para-hydroxylation sites is 1. The van der Waals surface area contributed by atoms with Gasteiger partial charge in [-0.1, -0.05) is 109 Å². The lowest BCUT2D eigenvalue weighted by Crippen LogP contribution is -2.29. The molecule has 0 radical (unpaired) electrons. The van der Waals surface area contributed by atoms with Gasteiger partial charge in [0.05, 0.1) is 11.1 Å². The van der Waals surface area contributed by atoms with Gasteiger partial charge in [0.25, 0.3) is 0 Å². The monoisotopic (exact) mass is 519 g/mol. The van der Waals surface area contributed by atoms with Gasteiger partial charge in [-0.15, -0.1) is 0 Å². The van der Waals surface area contributed by atoms with Crippen molar-refractivity contribution in [2.75, 3.05) is 0 Å². The average Bonchev–Trinajstić information content (AvgIpc) is 3.32. The van der Waals surface area contributed by atoms with E-state index >= 15 is 0 Å². The molecular weight excluding hydrogens is 486 g/mol. The van der Waals surface area contributed by atoms with E-state index in [-0.39, 0.29) is 0 Å². The zero-order valence-corrected chi connectivity index (χ0v) is 23.5. The molecule has 0 aliphatic heterocycles. The number of allylic oxidation sites excluding steroid dienone is 4. The van der Waals surface area contributed by atoms with Crippen LogP contribution in [0.15, 0.2) is 133 Å². The minimum atomic E-state index is -0.589. The maximum absolute atomic E-state index is 5.22. The first-order valence-corrected chi connectivity index (χ1v) is 13.8. The molecule has 2 heterocycles. The molecule has 6 rings (SSSR count). The Morgan fingerprint density at radius 2 is 1.55 bits per heavy atom. The lowest BCUT2D eigenvalue weighted by Gasteiger charge is -2.34. The Morgan fingerprint density at radius 3 is 2.35 bits per heavy atom. The number of hydrogen-bond donors (Lipinski definition) is 0. The van der Waals surface area contributed by atoms with Crippen LogP contribution < -0.4 is 0 Å². The summed E-state index contributed by atoms with van der Waals surface area (Å²) in [6, 6.07) is 34.2. The number of aryl methyl sites for hydroxylation is 2. The molecule has 1 aliphatic carbocycles. The summed E-state index contributed by atoms with van der Waals surface area (Å²) in [6.45, 7) is 6.38. The summed E-state index contributed by atoms with van der Waals surface area (Å²) in [5, 5.41) is 1.23. The van der Waals surface area contributed by atoms with Gasteiger partial charge in [0, 0.05) is 47.0 Å². The Balaban J connectivity index is 1.76. The Bertz CT molecular complexity index is 1840. The normalized spacial score (nSPS) is 16.1. The SMILES string of the molecule is C/C=C\C(=C/C)C1(c2cccc(C)c3ccccc3n(C)c2)c2ccccc2-c2nc(-c3ccccc3)ncc21. The molecule has 0 amide bonds. The summed E-state index contributed by atoms with van der Waals surface area (Å²) in [6.07, 6.45) is 10.9. The van der Waals surface area contributed by atoms with Crippen LogP contribution in [0.1, 0.15) is 36.1 Å². The van der Waals surface area contributed by atoms with E-state index in [1.165, 1.54) is 27.6 Å². The molecule has 0 fully saturated rings. The van der Waals surface area contributed by atoms with Crippen molar-refractivity contribution in [1.82, 2.24) is 14.5 Å². The number of hydrogen-bond acceptors (Lipinski definition) is 2. The molecule has 40 heavy (non-hydrogen) atoms. The van der Waals surface area contributed by atoms with Crippen molar-refractivity contribution in [2.45, 2.75) is 26.2 Å². The molecule has 3 aromatic carbocycles. The quantitative estimate of drug-likeness (QED) is 0.222. The van der Waals surface area contributed by atoms with E-state index in [9.17, 15) is 0 Å². The molecule has 1 unspecified atom stereocenters. The first-order valence-electron chi connectivity index (χ1n) is 13.8. The summed E-state index contributed by atoms with van der Waals surface area (Å²) < 4.78 is 2.25. The molecule has 3 nitrogen and oxygen atoms in total. The smallest absolute Gasteiger partial charge is 0.159 e. The molecule has 0 N–H and O–H groups in total. The van der Waals surface area contributed by atoms with Gasteiger partial charge >= 0.3 is 0 Å². The Morgan fingerprint density at radius 1 is 0.800 bits per heavy atom. The van der Waals surface area contributed by atoms with Crippen molar-refractivity contribution in [1.29, 1.82) is 0 Å². The number of aromatic nitrogens is 3. The molecule has 0 saturated carbocycles. The molecule has 5 aromatic rings. The van der Waals surface area contributed by atoms with Crippen LogP contribution in [0.5, 0.6) is 0 Å². The van der Waals surface area contributed by atoms with Gasteiger partial charge in [0.1, 0.15) is 0 Å². The zero-order valence-electron chi connectivity index (χ0n) is 23.5. The lowest BCUT2D eigenvalue weighted by molar-refractivity contribution is 0.744. The summed E-state index contributed by atoms with van der Waals surface area (Å²) >= 11 is 0. The fourth-order valence-electron chi connectivity index (χ4n) is 6.20. The third-order valence-corrected chi connectivity index (χ3v) is 8.00. The van der Waals surface area contributed by atoms with Crippen LogP contribution in [0.25, 0.3) is 33.5 Å². The van der Waals surface area contributed by atoms with Crippen LogP contribution in [-0.2, 0) is 12.5 Å². The summed E-state index contributed by atoms with van der Waals surface area (Å²) in [5.41, 5.74) is 9.60. The Kier molecular flexibility index (Phi) is 6.65. The van der Waals surface area contributed by atoms with E-state index in [0.29, 0.717) is 0 Å². The molecule has 1 atom stereocenters. The fourth-order valence-corrected chi connectivity index (χ4v) is 6.20. The molecule has 0 saturated heterocycles. The minimum Gasteiger partial charge on any atom is -0.350 e. The van der Waals surface area contributed by atoms with Crippen molar-refractivity contribution in [3.05, 3.63) is 156 Å². The first kappa shape index (κ1) is 25.5. The van der Waals surface area contributed by atoms with E-state index in [1.54, 1.807) is 0 Å². The van der Waals surface area contributed by atoms with Crippen LogP contribution >= 0.6 is 0 Å². The second kappa shape index (κ2) is 10.4. The highest BCUT2D eigenvalue weighted by molar-refractivity contribution is 5.85. The van der Waals surface area contributed by atoms with E-state index < -0.39 is 5.41 Å².